The first-order chi connectivity index (χ1) is 17.4. The molecule has 0 fully saturated rings. The number of ether oxygens (including phenoxy) is 2. The minimum atomic E-state index is -0.404. The Kier molecular flexibility index (Phi) is 10.3. The molecule has 2 aromatic carbocycles. The molecule has 4 rings (SSSR count). The number of carbonyl (C=O) groups excluding carboxylic acids is 2. The first kappa shape index (κ1) is 28.1. The summed E-state index contributed by atoms with van der Waals surface area (Å²) in [5, 5.41) is 9.70. The molecule has 0 bridgehead atoms. The fourth-order valence-electron chi connectivity index (χ4n) is 3.38. The number of aldehydes is 1. The van der Waals surface area contributed by atoms with Crippen molar-refractivity contribution < 1.29 is 19.1 Å². The molecule has 0 aliphatic heterocycles. The molecule has 0 amide bonds. The Bertz CT molecular complexity index is 1380. The van der Waals surface area contributed by atoms with Crippen LogP contribution in [0.1, 0.15) is 22.8 Å². The Morgan fingerprint density at radius 3 is 2.50 bits per heavy atom. The van der Waals surface area contributed by atoms with Gasteiger partial charge in [-0.1, -0.05) is 29.3 Å². The van der Waals surface area contributed by atoms with Crippen LogP contribution in [0, 0.1) is 0 Å². The highest BCUT2D eigenvalue weighted by atomic mass is 127. The molecule has 0 aliphatic carbocycles. The summed E-state index contributed by atoms with van der Waals surface area (Å²) in [6.07, 6.45) is 4.24. The van der Waals surface area contributed by atoms with Gasteiger partial charge in [0, 0.05) is 41.6 Å². The van der Waals surface area contributed by atoms with Gasteiger partial charge in [0.1, 0.15) is 24.3 Å². The summed E-state index contributed by atoms with van der Waals surface area (Å²) in [5.41, 5.74) is 4.42. The molecule has 2 aromatic heterocycles. The Labute approximate surface area is 233 Å². The quantitative estimate of drug-likeness (QED) is 0.101. The van der Waals surface area contributed by atoms with Crippen molar-refractivity contribution in [3.8, 4) is 17.0 Å². The lowest BCUT2D eigenvalue weighted by Gasteiger charge is -2.10. The van der Waals surface area contributed by atoms with Gasteiger partial charge in [0.05, 0.1) is 34.6 Å². The summed E-state index contributed by atoms with van der Waals surface area (Å²) in [5.74, 6) is 0.253. The van der Waals surface area contributed by atoms with Gasteiger partial charge in [-0.15, -0.1) is 0 Å². The number of hydrogen-bond acceptors (Lipinski definition) is 7. The van der Waals surface area contributed by atoms with Gasteiger partial charge >= 0.3 is 5.97 Å². The summed E-state index contributed by atoms with van der Waals surface area (Å²) in [6.45, 7) is 1.65. The van der Waals surface area contributed by atoms with Crippen molar-refractivity contribution in [1.29, 1.82) is 0 Å². The van der Waals surface area contributed by atoms with Crippen molar-refractivity contribution in [3.63, 3.8) is 0 Å². The van der Waals surface area contributed by atoms with Crippen LogP contribution in [-0.2, 0) is 16.1 Å². The molecular formula is C24H22Cl2IN4O4P. The Morgan fingerprint density at radius 1 is 1.19 bits per heavy atom. The normalized spacial score (nSPS) is 10.7. The van der Waals surface area contributed by atoms with E-state index in [1.165, 1.54) is 26.4 Å². The lowest BCUT2D eigenvalue weighted by molar-refractivity contribution is -0.106. The third-order valence-electron chi connectivity index (χ3n) is 5.03. The standard InChI is InChI=1S/C22H18Cl2IN4O3P.C2H4O/c1-26-19-7-12(3-5-14(19)22(30)31-2)21-15-8-13(4-6-20(15)29(28-21)33-25)32-11-16-17(23)9-27-10-18(16)24;1-2-3/h3-10,26,33H,11H2,1-2H3;2H,1H3. The third-order valence-corrected chi connectivity index (χ3v) is 7.56. The molecule has 4 aromatic rings. The lowest BCUT2D eigenvalue weighted by atomic mass is 10.0. The van der Waals surface area contributed by atoms with Gasteiger partial charge in [0.2, 0.25) is 0 Å². The van der Waals surface area contributed by atoms with Gasteiger partial charge in [-0.25, -0.2) is 9.25 Å². The van der Waals surface area contributed by atoms with Gasteiger partial charge in [0.25, 0.3) is 0 Å². The number of halogens is 3. The van der Waals surface area contributed by atoms with Crippen molar-refractivity contribution in [2.45, 2.75) is 13.5 Å². The SMILES string of the molecule is CC=O.CNc1cc(-c2nn(PI)c3ccc(OCc4c(Cl)cncc4Cl)cc23)ccc1C(=O)OC. The summed E-state index contributed by atoms with van der Waals surface area (Å²) in [7, 11) is 3.12. The number of anilines is 1. The first-order valence-corrected chi connectivity index (χ1v) is 15.3. The maximum absolute atomic E-state index is 12.1. The van der Waals surface area contributed by atoms with Crippen LogP contribution in [0.2, 0.25) is 10.0 Å². The second kappa shape index (κ2) is 13.2. The largest absolute Gasteiger partial charge is 0.489 e. The number of hydrogen-bond donors (Lipinski definition) is 1. The van der Waals surface area contributed by atoms with E-state index >= 15 is 0 Å². The van der Waals surface area contributed by atoms with Crippen molar-refractivity contribution in [2.24, 2.45) is 0 Å². The first-order valence-electron chi connectivity index (χ1n) is 10.5. The fraction of sp³-hybridized carbons (Fsp3) is 0.167. The van der Waals surface area contributed by atoms with Crippen molar-refractivity contribution in [2.75, 3.05) is 19.5 Å². The summed E-state index contributed by atoms with van der Waals surface area (Å²) in [4.78, 5) is 24.8. The van der Waals surface area contributed by atoms with Crippen LogP contribution >= 0.6 is 51.6 Å². The van der Waals surface area contributed by atoms with Crippen LogP contribution in [0.15, 0.2) is 48.8 Å². The molecule has 0 spiro atoms. The molecular weight excluding hydrogens is 637 g/mol. The number of benzene rings is 2. The van der Waals surface area contributed by atoms with Gasteiger partial charge < -0.3 is 19.6 Å². The average Bonchev–Trinajstić information content (AvgIpc) is 3.26. The smallest absolute Gasteiger partial charge is 0.339 e. The number of pyridine rings is 1. The van der Waals surface area contributed by atoms with Crippen molar-refractivity contribution in [1.82, 2.24) is 14.5 Å². The summed E-state index contributed by atoms with van der Waals surface area (Å²) < 4.78 is 12.8. The van der Waals surface area contributed by atoms with Crippen LogP contribution in [0.4, 0.5) is 5.69 Å². The molecule has 188 valence electrons. The molecule has 36 heavy (non-hydrogen) atoms. The highest BCUT2D eigenvalue weighted by molar-refractivity contribution is 14.2. The number of rotatable bonds is 7. The molecule has 1 unspecified atom stereocenters. The zero-order valence-electron chi connectivity index (χ0n) is 19.5. The summed E-state index contributed by atoms with van der Waals surface area (Å²) >= 11 is 14.7. The van der Waals surface area contributed by atoms with E-state index in [0.717, 1.165) is 28.4 Å². The zero-order valence-corrected chi connectivity index (χ0v) is 24.2. The van der Waals surface area contributed by atoms with E-state index in [1.807, 2.05) is 34.8 Å². The second-order valence-corrected chi connectivity index (χ2v) is 9.99. The maximum atomic E-state index is 12.1. The molecule has 1 atom stereocenters. The van der Waals surface area contributed by atoms with Crippen molar-refractivity contribution >= 4 is 80.5 Å². The minimum Gasteiger partial charge on any atom is -0.489 e. The number of nitrogens with one attached hydrogen (secondary N) is 1. The predicted molar refractivity (Wildman–Crippen MR) is 154 cm³/mol. The Hall–Kier alpha value is -2.46. The van der Waals surface area contributed by atoms with Crippen LogP contribution in [0.25, 0.3) is 22.2 Å². The van der Waals surface area contributed by atoms with Crippen LogP contribution in [0.5, 0.6) is 5.75 Å². The monoisotopic (exact) mass is 658 g/mol. The molecule has 2 heterocycles. The van der Waals surface area contributed by atoms with Crippen LogP contribution < -0.4 is 10.1 Å². The summed E-state index contributed by atoms with van der Waals surface area (Å²) in [6, 6.07) is 11.3. The van der Waals surface area contributed by atoms with Gasteiger partial charge in [0.15, 0.2) is 0 Å². The van der Waals surface area contributed by atoms with Gasteiger partial charge in [-0.3, -0.25) is 4.98 Å². The van der Waals surface area contributed by atoms with Crippen molar-refractivity contribution in [3.05, 3.63) is 70.0 Å². The minimum absolute atomic E-state index is 0.209. The highest BCUT2D eigenvalue weighted by Gasteiger charge is 2.17. The molecule has 0 saturated heterocycles. The molecule has 1 N–H and O–H groups in total. The van der Waals surface area contributed by atoms with E-state index in [2.05, 4.69) is 32.3 Å². The van der Waals surface area contributed by atoms with Gasteiger partial charge in [-0.05, 0) is 59.3 Å². The number of methoxy groups -OCH3 is 1. The van der Waals surface area contributed by atoms with E-state index in [4.69, 9.17) is 42.6 Å². The molecule has 0 aliphatic rings. The van der Waals surface area contributed by atoms with E-state index in [-0.39, 0.29) is 6.61 Å². The third kappa shape index (κ3) is 6.26. The van der Waals surface area contributed by atoms with Crippen LogP contribution in [-0.4, -0.2) is 40.9 Å². The number of fused-ring (bicyclic) bond motifs is 1. The average molecular weight is 659 g/mol. The second-order valence-electron chi connectivity index (χ2n) is 7.13. The number of carbonyl (C=O) groups is 2. The lowest BCUT2D eigenvalue weighted by Crippen LogP contribution is -2.05. The van der Waals surface area contributed by atoms with E-state index in [1.54, 1.807) is 13.1 Å². The Morgan fingerprint density at radius 2 is 1.89 bits per heavy atom. The zero-order chi connectivity index (χ0) is 26.2. The molecule has 0 saturated carbocycles. The molecule has 8 nitrogen and oxygen atoms in total. The molecule has 12 heteroatoms. The Balaban J connectivity index is 0.00000115. The number of esters is 1. The van der Waals surface area contributed by atoms with Gasteiger partial charge in [-0.2, -0.15) is 5.10 Å². The predicted octanol–water partition coefficient (Wildman–Crippen LogP) is 6.81. The van der Waals surface area contributed by atoms with E-state index in [0.29, 0.717) is 39.0 Å². The van der Waals surface area contributed by atoms with Crippen LogP contribution in [0.3, 0.4) is 0 Å². The number of aromatic nitrogens is 3. The highest BCUT2D eigenvalue weighted by Crippen LogP contribution is 2.38. The number of nitrogens with zero attached hydrogens (tertiary/aromatic N) is 3. The fourth-order valence-corrected chi connectivity index (χ4v) is 5.38. The molecule has 0 radical (unpaired) electrons. The maximum Gasteiger partial charge on any atom is 0.339 e. The van der Waals surface area contributed by atoms with E-state index in [9.17, 15) is 4.79 Å². The van der Waals surface area contributed by atoms with E-state index < -0.39 is 5.97 Å². The topological polar surface area (TPSA) is 95.3 Å².